The van der Waals surface area contributed by atoms with Crippen LogP contribution < -0.4 is 0 Å². The van der Waals surface area contributed by atoms with E-state index in [1.807, 2.05) is 51.2 Å². The highest BCUT2D eigenvalue weighted by Gasteiger charge is 2.19. The van der Waals surface area contributed by atoms with E-state index in [9.17, 15) is 5.26 Å². The van der Waals surface area contributed by atoms with Gasteiger partial charge in [0.25, 0.3) is 0 Å². The Hall–Kier alpha value is -2.48. The molecule has 2 radical (unpaired) electrons. The molecule has 0 atom stereocenters. The van der Waals surface area contributed by atoms with E-state index in [0.29, 0.717) is 11.3 Å². The van der Waals surface area contributed by atoms with Crippen molar-refractivity contribution in [3.8, 4) is 6.07 Å². The Kier molecular flexibility index (Phi) is 3.95. The second-order valence-corrected chi connectivity index (χ2v) is 4.47. The number of hydrogen-bond donors (Lipinski definition) is 0. The molecule has 2 aromatic rings. The summed E-state index contributed by atoms with van der Waals surface area (Å²) in [6.07, 6.45) is 0. The van der Waals surface area contributed by atoms with E-state index < -0.39 is 0 Å². The second-order valence-electron chi connectivity index (χ2n) is 4.47. The average molecular weight is 263 g/mol. The zero-order valence-corrected chi connectivity index (χ0v) is 11.7. The van der Waals surface area contributed by atoms with Gasteiger partial charge in [-0.1, -0.05) is 30.3 Å². The van der Waals surface area contributed by atoms with Crippen LogP contribution in [0.15, 0.2) is 30.3 Å². The summed E-state index contributed by atoms with van der Waals surface area (Å²) in [5.74, 6) is 0.349. The van der Waals surface area contributed by atoms with E-state index in [-0.39, 0.29) is 0 Å². The van der Waals surface area contributed by atoms with Crippen LogP contribution >= 0.6 is 0 Å². The van der Waals surface area contributed by atoms with Gasteiger partial charge < -0.3 is 4.65 Å². The van der Waals surface area contributed by atoms with Gasteiger partial charge in [0.15, 0.2) is 0 Å². The minimum absolute atomic E-state index is 0.349. The third-order valence-corrected chi connectivity index (χ3v) is 3.26. The number of benzene rings is 1. The van der Waals surface area contributed by atoms with Crippen LogP contribution in [0.5, 0.6) is 0 Å². The standard InChI is InChI=1S/C15H14BN3O/c1-10-14(11(2)19(3)18-10)15(20-16)13(9-17)12-7-5-4-6-8-12/h4-8H,1-3H3. The first kappa shape index (κ1) is 13.9. The molecule has 0 N–H and O–H groups in total. The molecule has 0 fully saturated rings. The van der Waals surface area contributed by atoms with Gasteiger partial charge in [-0.25, -0.2) is 0 Å². The molecule has 4 nitrogen and oxygen atoms in total. The first-order valence-electron chi connectivity index (χ1n) is 6.17. The highest BCUT2D eigenvalue weighted by Crippen LogP contribution is 2.30. The van der Waals surface area contributed by atoms with Gasteiger partial charge in [-0.15, -0.1) is 0 Å². The molecular weight excluding hydrogens is 249 g/mol. The highest BCUT2D eigenvalue weighted by molar-refractivity contribution is 6.07. The summed E-state index contributed by atoms with van der Waals surface area (Å²) in [6, 6.07) is 11.5. The summed E-state index contributed by atoms with van der Waals surface area (Å²) in [5.41, 5.74) is 3.58. The molecule has 2 rings (SSSR count). The van der Waals surface area contributed by atoms with E-state index in [1.54, 1.807) is 4.68 Å². The number of aromatic nitrogens is 2. The zero-order valence-electron chi connectivity index (χ0n) is 11.7. The van der Waals surface area contributed by atoms with Gasteiger partial charge >= 0.3 is 8.05 Å². The smallest absolute Gasteiger partial charge is 0.374 e. The van der Waals surface area contributed by atoms with Gasteiger partial charge in [-0.05, 0) is 19.4 Å². The average Bonchev–Trinajstić information content (AvgIpc) is 2.71. The maximum Gasteiger partial charge on any atom is 0.374 e. The minimum Gasteiger partial charge on any atom is -0.566 e. The number of nitrogens with zero attached hydrogens (tertiary/aromatic N) is 3. The van der Waals surface area contributed by atoms with Crippen LogP contribution in [0.1, 0.15) is 22.5 Å². The lowest BCUT2D eigenvalue weighted by molar-refractivity contribution is 0.573. The number of rotatable bonds is 3. The Balaban J connectivity index is 2.72. The van der Waals surface area contributed by atoms with Crippen molar-refractivity contribution in [3.63, 3.8) is 0 Å². The first-order chi connectivity index (χ1) is 9.60. The first-order valence-corrected chi connectivity index (χ1v) is 6.17. The Bertz CT molecular complexity index is 696. The molecule has 0 saturated carbocycles. The third kappa shape index (κ3) is 2.33. The fraction of sp³-hybridized carbons (Fsp3) is 0.200. The van der Waals surface area contributed by atoms with Crippen molar-refractivity contribution < 1.29 is 4.65 Å². The molecular formula is C15H14BN3O. The summed E-state index contributed by atoms with van der Waals surface area (Å²) < 4.78 is 6.76. The van der Waals surface area contributed by atoms with E-state index in [2.05, 4.69) is 11.2 Å². The van der Waals surface area contributed by atoms with Crippen LogP contribution in [-0.2, 0) is 11.7 Å². The molecule has 0 aliphatic rings. The molecule has 98 valence electrons. The quantitative estimate of drug-likeness (QED) is 0.485. The number of hydrogen-bond acceptors (Lipinski definition) is 3. The molecule has 0 unspecified atom stereocenters. The Morgan fingerprint density at radius 2 is 1.95 bits per heavy atom. The third-order valence-electron chi connectivity index (χ3n) is 3.26. The van der Waals surface area contributed by atoms with E-state index in [1.165, 1.54) is 0 Å². The number of allylic oxidation sites excluding steroid dienone is 1. The summed E-state index contributed by atoms with van der Waals surface area (Å²) in [5, 5.41) is 13.8. The van der Waals surface area contributed by atoms with Crippen LogP contribution in [0.25, 0.3) is 11.3 Å². The molecule has 1 aromatic heterocycles. The van der Waals surface area contributed by atoms with Crippen LogP contribution in [0.3, 0.4) is 0 Å². The van der Waals surface area contributed by atoms with E-state index in [0.717, 1.165) is 22.5 Å². The predicted octanol–water partition coefficient (Wildman–Crippen LogP) is 2.53. The molecule has 0 bridgehead atoms. The lowest BCUT2D eigenvalue weighted by Gasteiger charge is -2.11. The van der Waals surface area contributed by atoms with Crippen molar-refractivity contribution in [2.75, 3.05) is 0 Å². The van der Waals surface area contributed by atoms with Crippen molar-refractivity contribution in [2.24, 2.45) is 7.05 Å². The van der Waals surface area contributed by atoms with Gasteiger partial charge in [0, 0.05) is 12.7 Å². The molecule has 1 aromatic carbocycles. The van der Waals surface area contributed by atoms with Crippen molar-refractivity contribution in [1.82, 2.24) is 9.78 Å². The zero-order chi connectivity index (χ0) is 14.7. The summed E-state index contributed by atoms with van der Waals surface area (Å²) in [7, 11) is 7.26. The predicted molar refractivity (Wildman–Crippen MR) is 78.4 cm³/mol. The van der Waals surface area contributed by atoms with Crippen molar-refractivity contribution in [1.29, 1.82) is 5.26 Å². The van der Waals surface area contributed by atoms with E-state index in [4.69, 9.17) is 12.7 Å². The topological polar surface area (TPSA) is 50.8 Å². The summed E-state index contributed by atoms with van der Waals surface area (Å²) in [6.45, 7) is 3.77. The normalized spacial score (nSPS) is 11.7. The van der Waals surface area contributed by atoms with Gasteiger partial charge in [0.05, 0.1) is 11.3 Å². The minimum atomic E-state index is 0.349. The lowest BCUT2D eigenvalue weighted by atomic mass is 10.0. The molecule has 0 saturated heterocycles. The molecule has 0 aliphatic heterocycles. The largest absolute Gasteiger partial charge is 0.566 e. The van der Waals surface area contributed by atoms with Crippen LogP contribution in [0.2, 0.25) is 0 Å². The van der Waals surface area contributed by atoms with Gasteiger partial charge in [0.2, 0.25) is 0 Å². The fourth-order valence-corrected chi connectivity index (χ4v) is 2.20. The van der Waals surface area contributed by atoms with Crippen LogP contribution in [-0.4, -0.2) is 17.8 Å². The number of nitriles is 1. The van der Waals surface area contributed by atoms with E-state index >= 15 is 0 Å². The van der Waals surface area contributed by atoms with Crippen molar-refractivity contribution in [3.05, 3.63) is 52.8 Å². The van der Waals surface area contributed by atoms with Crippen molar-refractivity contribution in [2.45, 2.75) is 13.8 Å². The van der Waals surface area contributed by atoms with Crippen LogP contribution in [0.4, 0.5) is 0 Å². The SMILES string of the molecule is [B]OC(=C(C#N)c1ccccc1)c1c(C)nn(C)c1C. The Labute approximate surface area is 119 Å². The molecule has 0 aliphatic carbocycles. The molecule has 1 heterocycles. The molecule has 0 spiro atoms. The van der Waals surface area contributed by atoms with Crippen LogP contribution in [0, 0.1) is 25.2 Å². The summed E-state index contributed by atoms with van der Waals surface area (Å²) in [4.78, 5) is 0. The van der Waals surface area contributed by atoms with Gasteiger partial charge in [-0.2, -0.15) is 10.4 Å². The molecule has 0 amide bonds. The van der Waals surface area contributed by atoms with Gasteiger partial charge in [-0.3, -0.25) is 4.68 Å². The monoisotopic (exact) mass is 263 g/mol. The van der Waals surface area contributed by atoms with Crippen molar-refractivity contribution >= 4 is 19.4 Å². The Morgan fingerprint density at radius 1 is 1.30 bits per heavy atom. The second kappa shape index (κ2) is 5.66. The lowest BCUT2D eigenvalue weighted by Crippen LogP contribution is -1.98. The maximum atomic E-state index is 9.46. The molecule has 5 heteroatoms. The molecule has 20 heavy (non-hydrogen) atoms. The van der Waals surface area contributed by atoms with Gasteiger partial charge in [0.1, 0.15) is 17.4 Å². The number of aryl methyl sites for hydroxylation is 2. The maximum absolute atomic E-state index is 9.46. The fourth-order valence-electron chi connectivity index (χ4n) is 2.20. The summed E-state index contributed by atoms with van der Waals surface area (Å²) >= 11 is 0. The highest BCUT2D eigenvalue weighted by atomic mass is 16.4. The Morgan fingerprint density at radius 3 is 2.40 bits per heavy atom.